The molecule has 1 aliphatic heterocycles. The molecule has 0 aliphatic carbocycles. The fraction of sp³-hybridized carbons (Fsp3) is 0.909. The Hall–Kier alpha value is -0.410. The predicted molar refractivity (Wildman–Crippen MR) is 54.1 cm³/mol. The summed E-state index contributed by atoms with van der Waals surface area (Å²) in [6.45, 7) is 8.08. The lowest BCUT2D eigenvalue weighted by Crippen LogP contribution is -2.51. The molecule has 0 bridgehead atoms. The van der Waals surface area contributed by atoms with Crippen LogP contribution in [0.4, 0.5) is 0 Å². The second-order valence-corrected chi connectivity index (χ2v) is 5.28. The average molecular weight is 200 g/mol. The van der Waals surface area contributed by atoms with Crippen molar-refractivity contribution >= 4 is 5.78 Å². The average Bonchev–Trinajstić information content (AvgIpc) is 2.09. The van der Waals surface area contributed by atoms with Gasteiger partial charge in [-0.05, 0) is 32.1 Å². The molecule has 0 amide bonds. The van der Waals surface area contributed by atoms with Crippen molar-refractivity contribution in [2.45, 2.75) is 52.2 Å². The van der Waals surface area contributed by atoms with Crippen LogP contribution >= 0.6 is 0 Å². The summed E-state index contributed by atoms with van der Waals surface area (Å²) in [6.07, 6.45) is 0.729. The molecule has 3 nitrogen and oxygen atoms in total. The molecule has 1 N–H and O–H groups in total. The highest BCUT2D eigenvalue weighted by Crippen LogP contribution is 2.37. The molecule has 1 aliphatic rings. The molecule has 2 unspecified atom stereocenters. The van der Waals surface area contributed by atoms with E-state index in [0.29, 0.717) is 6.61 Å². The number of aliphatic hydroxyl groups excluding tert-OH is 1. The minimum Gasteiger partial charge on any atom is -0.382 e. The summed E-state index contributed by atoms with van der Waals surface area (Å²) < 4.78 is 5.63. The molecule has 2 atom stereocenters. The minimum atomic E-state index is -0.987. The molecule has 14 heavy (non-hydrogen) atoms. The number of carbonyl (C=O) groups excluding carboxylic acids is 1. The number of carbonyl (C=O) groups is 1. The molecule has 1 rings (SSSR count). The summed E-state index contributed by atoms with van der Waals surface area (Å²) in [5.74, 6) is -0.216. The largest absolute Gasteiger partial charge is 0.382 e. The van der Waals surface area contributed by atoms with Crippen LogP contribution in [0.25, 0.3) is 0 Å². The zero-order chi connectivity index (χ0) is 11.0. The summed E-state index contributed by atoms with van der Waals surface area (Å²) in [6, 6.07) is 0. The highest BCUT2D eigenvalue weighted by atomic mass is 16.5. The van der Waals surface area contributed by atoms with Gasteiger partial charge in [-0.3, -0.25) is 4.79 Å². The van der Waals surface area contributed by atoms with Gasteiger partial charge in [0, 0.05) is 0 Å². The lowest BCUT2D eigenvalue weighted by atomic mass is 9.78. The van der Waals surface area contributed by atoms with Gasteiger partial charge in [0.15, 0.2) is 5.78 Å². The Bertz CT molecular complexity index is 223. The van der Waals surface area contributed by atoms with Crippen LogP contribution in [-0.4, -0.2) is 29.2 Å². The number of hydrogen-bond donors (Lipinski definition) is 1. The van der Waals surface area contributed by atoms with Crippen LogP contribution in [-0.2, 0) is 9.53 Å². The molecule has 0 saturated carbocycles. The van der Waals surface area contributed by atoms with E-state index in [9.17, 15) is 9.90 Å². The van der Waals surface area contributed by atoms with Crippen LogP contribution in [0.2, 0.25) is 0 Å². The van der Waals surface area contributed by atoms with Gasteiger partial charge in [-0.15, -0.1) is 0 Å². The molecule has 0 aromatic carbocycles. The summed E-state index contributed by atoms with van der Waals surface area (Å²) in [4.78, 5) is 11.1. The van der Waals surface area contributed by atoms with Crippen LogP contribution in [0, 0.1) is 5.41 Å². The summed E-state index contributed by atoms with van der Waals surface area (Å²) in [5.41, 5.74) is -0.516. The normalized spacial score (nSPS) is 33.8. The Kier molecular flexibility index (Phi) is 3.02. The summed E-state index contributed by atoms with van der Waals surface area (Å²) >= 11 is 0. The van der Waals surface area contributed by atoms with Crippen LogP contribution in [0.3, 0.4) is 0 Å². The topological polar surface area (TPSA) is 46.5 Å². The fourth-order valence-corrected chi connectivity index (χ4v) is 1.74. The predicted octanol–water partition coefficient (Wildman–Crippen LogP) is 1.53. The molecule has 0 radical (unpaired) electrons. The molecular formula is C11H20O3. The van der Waals surface area contributed by atoms with Crippen LogP contribution < -0.4 is 0 Å². The first kappa shape index (κ1) is 11.7. The highest BCUT2D eigenvalue weighted by Gasteiger charge is 2.42. The number of Topliss-reactive ketones (excluding diaryl/α,β-unsaturated/α-hetero) is 1. The molecule has 1 heterocycles. The van der Waals surface area contributed by atoms with Gasteiger partial charge in [0.05, 0.1) is 12.2 Å². The lowest BCUT2D eigenvalue weighted by Gasteiger charge is -2.43. The van der Waals surface area contributed by atoms with Crippen molar-refractivity contribution in [3.8, 4) is 0 Å². The second kappa shape index (κ2) is 3.63. The third-order valence-corrected chi connectivity index (χ3v) is 3.05. The maximum absolute atomic E-state index is 11.1. The van der Waals surface area contributed by atoms with Gasteiger partial charge in [0.25, 0.3) is 0 Å². The lowest BCUT2D eigenvalue weighted by molar-refractivity contribution is -0.175. The number of ketones is 1. The maximum atomic E-state index is 11.1. The van der Waals surface area contributed by atoms with Crippen molar-refractivity contribution in [1.29, 1.82) is 0 Å². The van der Waals surface area contributed by atoms with E-state index in [1.165, 1.54) is 6.92 Å². The molecule has 0 aromatic rings. The molecule has 0 spiro atoms. The Balaban J connectivity index is 2.66. The Morgan fingerprint density at radius 1 is 1.36 bits per heavy atom. The third kappa shape index (κ3) is 2.34. The molecule has 3 heteroatoms. The van der Waals surface area contributed by atoms with Crippen molar-refractivity contribution in [2.75, 3.05) is 6.61 Å². The van der Waals surface area contributed by atoms with Gasteiger partial charge in [-0.25, -0.2) is 0 Å². The second-order valence-electron chi connectivity index (χ2n) is 5.28. The van der Waals surface area contributed by atoms with Crippen LogP contribution in [0.5, 0.6) is 0 Å². The number of hydrogen-bond acceptors (Lipinski definition) is 3. The van der Waals surface area contributed by atoms with E-state index in [4.69, 9.17) is 4.74 Å². The quantitative estimate of drug-likeness (QED) is 0.735. The van der Waals surface area contributed by atoms with Crippen molar-refractivity contribution < 1.29 is 14.6 Å². The van der Waals surface area contributed by atoms with Crippen molar-refractivity contribution in [1.82, 2.24) is 0 Å². The Morgan fingerprint density at radius 2 is 1.93 bits per heavy atom. The Labute approximate surface area is 85.5 Å². The highest BCUT2D eigenvalue weighted by molar-refractivity contribution is 5.81. The van der Waals surface area contributed by atoms with E-state index >= 15 is 0 Å². The number of aliphatic hydroxyl groups is 1. The first-order valence-electron chi connectivity index (χ1n) is 5.09. The molecule has 1 saturated heterocycles. The van der Waals surface area contributed by atoms with Crippen LogP contribution in [0.1, 0.15) is 40.5 Å². The molecule has 0 aromatic heterocycles. The van der Waals surface area contributed by atoms with Gasteiger partial charge in [-0.1, -0.05) is 13.8 Å². The van der Waals surface area contributed by atoms with Gasteiger partial charge >= 0.3 is 0 Å². The zero-order valence-electron chi connectivity index (χ0n) is 9.46. The first-order chi connectivity index (χ1) is 6.27. The monoisotopic (exact) mass is 200 g/mol. The van der Waals surface area contributed by atoms with Gasteiger partial charge in [-0.2, -0.15) is 0 Å². The van der Waals surface area contributed by atoms with Gasteiger partial charge in [0.2, 0.25) is 0 Å². The van der Waals surface area contributed by atoms with E-state index in [0.717, 1.165) is 12.8 Å². The Morgan fingerprint density at radius 3 is 2.29 bits per heavy atom. The number of ether oxygens (including phenoxy) is 1. The van der Waals surface area contributed by atoms with Crippen molar-refractivity contribution in [3.05, 3.63) is 0 Å². The van der Waals surface area contributed by atoms with E-state index in [-0.39, 0.29) is 11.2 Å². The smallest absolute Gasteiger partial charge is 0.161 e. The van der Waals surface area contributed by atoms with Crippen molar-refractivity contribution in [2.24, 2.45) is 5.41 Å². The number of rotatable bonds is 2. The first-order valence-corrected chi connectivity index (χ1v) is 5.09. The summed E-state index contributed by atoms with van der Waals surface area (Å²) in [5, 5.41) is 9.71. The SMILES string of the molecule is CC(=O)C(O)C1(C)CCC(C)(C)CO1. The van der Waals surface area contributed by atoms with E-state index < -0.39 is 11.7 Å². The third-order valence-electron chi connectivity index (χ3n) is 3.05. The molecular weight excluding hydrogens is 180 g/mol. The van der Waals surface area contributed by atoms with Gasteiger partial charge in [0.1, 0.15) is 6.10 Å². The molecule has 1 fully saturated rings. The van der Waals surface area contributed by atoms with E-state index in [1.807, 2.05) is 6.92 Å². The van der Waals surface area contributed by atoms with E-state index in [1.54, 1.807) is 0 Å². The van der Waals surface area contributed by atoms with Crippen LogP contribution in [0.15, 0.2) is 0 Å². The van der Waals surface area contributed by atoms with Gasteiger partial charge < -0.3 is 9.84 Å². The minimum absolute atomic E-state index is 0.163. The standard InChI is InChI=1S/C11H20O3/c1-8(12)9(13)11(4)6-5-10(2,3)7-14-11/h9,13H,5-7H2,1-4H3. The fourth-order valence-electron chi connectivity index (χ4n) is 1.74. The van der Waals surface area contributed by atoms with E-state index in [2.05, 4.69) is 13.8 Å². The summed E-state index contributed by atoms with van der Waals surface area (Å²) in [7, 11) is 0. The maximum Gasteiger partial charge on any atom is 0.161 e. The zero-order valence-corrected chi connectivity index (χ0v) is 9.46. The van der Waals surface area contributed by atoms with Crippen molar-refractivity contribution in [3.63, 3.8) is 0 Å². The molecule has 82 valence electrons.